The highest BCUT2D eigenvalue weighted by molar-refractivity contribution is 7.09. The van der Waals surface area contributed by atoms with Crippen molar-refractivity contribution >= 4 is 23.2 Å². The molecule has 1 fully saturated rings. The number of carbonyl (C=O) groups is 1. The predicted molar refractivity (Wildman–Crippen MR) is 105 cm³/mol. The fourth-order valence-corrected chi connectivity index (χ4v) is 3.91. The zero-order chi connectivity index (χ0) is 18.9. The molecular formula is C18H31N5O2S. The van der Waals surface area contributed by atoms with Crippen molar-refractivity contribution < 1.29 is 9.53 Å². The Bertz CT molecular complexity index is 598. The van der Waals surface area contributed by atoms with Gasteiger partial charge in [0.1, 0.15) is 11.1 Å². The number of thiazole rings is 1. The highest BCUT2D eigenvalue weighted by atomic mass is 32.1. The molecule has 0 aliphatic heterocycles. The Morgan fingerprint density at radius 3 is 2.85 bits per heavy atom. The van der Waals surface area contributed by atoms with Crippen LogP contribution in [0.4, 0.5) is 0 Å². The Labute approximate surface area is 160 Å². The molecule has 2 rings (SSSR count). The van der Waals surface area contributed by atoms with Crippen LogP contribution in [0.5, 0.6) is 0 Å². The molecule has 1 heterocycles. The maximum atomic E-state index is 12.2. The molecular weight excluding hydrogens is 350 g/mol. The van der Waals surface area contributed by atoms with E-state index in [1.54, 1.807) is 25.5 Å². The summed E-state index contributed by atoms with van der Waals surface area (Å²) in [5, 5.41) is 9.24. The lowest BCUT2D eigenvalue weighted by Gasteiger charge is -2.24. The van der Waals surface area contributed by atoms with Crippen LogP contribution in [0.25, 0.3) is 0 Å². The van der Waals surface area contributed by atoms with Crippen LogP contribution >= 0.6 is 11.3 Å². The molecule has 2 N–H and O–H groups in total. The summed E-state index contributed by atoms with van der Waals surface area (Å²) in [4.78, 5) is 23.0. The van der Waals surface area contributed by atoms with Crippen LogP contribution in [0, 0.1) is 0 Å². The lowest BCUT2D eigenvalue weighted by molar-refractivity contribution is -0.120. The molecule has 7 nitrogen and oxygen atoms in total. The van der Waals surface area contributed by atoms with Crippen LogP contribution in [0.3, 0.4) is 0 Å². The average Bonchev–Trinajstić information content (AvgIpc) is 3.10. The summed E-state index contributed by atoms with van der Waals surface area (Å²) in [7, 11) is 5.34. The van der Waals surface area contributed by atoms with Crippen molar-refractivity contribution in [1.29, 1.82) is 0 Å². The zero-order valence-electron chi connectivity index (χ0n) is 16.2. The minimum Gasteiger partial charge on any atom is -0.375 e. The summed E-state index contributed by atoms with van der Waals surface area (Å²) in [6, 6.07) is 0.328. The van der Waals surface area contributed by atoms with Gasteiger partial charge in [-0.05, 0) is 19.8 Å². The monoisotopic (exact) mass is 381 g/mol. The number of methoxy groups -OCH3 is 1. The molecule has 0 bridgehead atoms. The summed E-state index contributed by atoms with van der Waals surface area (Å²) in [6.07, 6.45) is 5.88. The molecule has 8 heteroatoms. The van der Waals surface area contributed by atoms with E-state index in [9.17, 15) is 4.79 Å². The number of guanidine groups is 1. The van der Waals surface area contributed by atoms with Crippen molar-refractivity contribution in [3.05, 3.63) is 16.1 Å². The summed E-state index contributed by atoms with van der Waals surface area (Å²) < 4.78 is 5.30. The number of nitrogens with one attached hydrogen (secondary N) is 2. The molecule has 0 saturated heterocycles. The maximum absolute atomic E-state index is 12.2. The fourth-order valence-electron chi connectivity index (χ4n) is 3.07. The molecule has 1 aromatic rings. The van der Waals surface area contributed by atoms with Gasteiger partial charge < -0.3 is 20.3 Å². The van der Waals surface area contributed by atoms with Gasteiger partial charge in [-0.1, -0.05) is 19.3 Å². The minimum absolute atomic E-state index is 0.0000214. The fraction of sp³-hybridized carbons (Fsp3) is 0.722. The highest BCUT2D eigenvalue weighted by Crippen LogP contribution is 2.21. The lowest BCUT2D eigenvalue weighted by atomic mass is 9.95. The van der Waals surface area contributed by atoms with E-state index in [0.29, 0.717) is 18.5 Å². The van der Waals surface area contributed by atoms with E-state index in [4.69, 9.17) is 4.74 Å². The SMILES string of the molecule is CN=C(NCC(=O)NC1CCCCC1)N(C)Cc1csc(C(C)OC)n1. The number of hydrogen-bond donors (Lipinski definition) is 2. The number of hydrogen-bond acceptors (Lipinski definition) is 5. The van der Waals surface area contributed by atoms with Crippen molar-refractivity contribution in [1.82, 2.24) is 20.5 Å². The van der Waals surface area contributed by atoms with Gasteiger partial charge in [-0.2, -0.15) is 0 Å². The largest absolute Gasteiger partial charge is 0.375 e. The first-order chi connectivity index (χ1) is 12.5. The molecule has 1 unspecified atom stereocenters. The van der Waals surface area contributed by atoms with Gasteiger partial charge >= 0.3 is 0 Å². The van der Waals surface area contributed by atoms with E-state index in [1.807, 2.05) is 24.3 Å². The molecule has 0 spiro atoms. The lowest BCUT2D eigenvalue weighted by Crippen LogP contribution is -2.46. The van der Waals surface area contributed by atoms with Crippen LogP contribution in [-0.2, 0) is 16.1 Å². The molecule has 1 amide bonds. The third-order valence-corrected chi connectivity index (χ3v) is 5.68. The second kappa shape index (κ2) is 10.5. The van der Waals surface area contributed by atoms with Gasteiger partial charge in [-0.3, -0.25) is 9.79 Å². The summed E-state index contributed by atoms with van der Waals surface area (Å²) in [5.41, 5.74) is 0.964. The Kier molecular flexibility index (Phi) is 8.31. The average molecular weight is 382 g/mol. The van der Waals surface area contributed by atoms with E-state index in [1.165, 1.54) is 19.3 Å². The first-order valence-electron chi connectivity index (χ1n) is 9.21. The van der Waals surface area contributed by atoms with E-state index < -0.39 is 0 Å². The first-order valence-corrected chi connectivity index (χ1v) is 10.1. The van der Waals surface area contributed by atoms with Crippen molar-refractivity contribution in [3.8, 4) is 0 Å². The van der Waals surface area contributed by atoms with Crippen molar-refractivity contribution in [3.63, 3.8) is 0 Å². The minimum atomic E-state index is -0.0000214. The van der Waals surface area contributed by atoms with Crippen molar-refractivity contribution in [2.24, 2.45) is 4.99 Å². The molecule has 26 heavy (non-hydrogen) atoms. The molecule has 1 aromatic heterocycles. The summed E-state index contributed by atoms with van der Waals surface area (Å²) in [6.45, 7) is 2.84. The zero-order valence-corrected chi connectivity index (χ0v) is 17.1. The van der Waals surface area contributed by atoms with Crippen LogP contribution in [0.2, 0.25) is 0 Å². The van der Waals surface area contributed by atoms with Crippen molar-refractivity contribution in [2.45, 2.75) is 57.7 Å². The van der Waals surface area contributed by atoms with Gasteiger partial charge in [0.05, 0.1) is 18.8 Å². The Hall–Kier alpha value is -1.67. The smallest absolute Gasteiger partial charge is 0.239 e. The molecule has 1 atom stereocenters. The van der Waals surface area contributed by atoms with Gasteiger partial charge in [0.15, 0.2) is 5.96 Å². The molecule has 0 radical (unpaired) electrons. The van der Waals surface area contributed by atoms with Gasteiger partial charge in [0, 0.05) is 32.6 Å². The van der Waals surface area contributed by atoms with Crippen LogP contribution < -0.4 is 10.6 Å². The van der Waals surface area contributed by atoms with E-state index >= 15 is 0 Å². The number of aromatic nitrogens is 1. The topological polar surface area (TPSA) is 78.9 Å². The number of aliphatic imine (C=N–C) groups is 1. The predicted octanol–water partition coefficient (Wildman–Crippen LogP) is 2.31. The van der Waals surface area contributed by atoms with Gasteiger partial charge in [-0.25, -0.2) is 4.98 Å². The van der Waals surface area contributed by atoms with Gasteiger partial charge in [0.25, 0.3) is 0 Å². The molecule has 146 valence electrons. The number of ether oxygens (including phenoxy) is 1. The maximum Gasteiger partial charge on any atom is 0.239 e. The third-order valence-electron chi connectivity index (χ3n) is 4.62. The Morgan fingerprint density at radius 1 is 1.46 bits per heavy atom. The van der Waals surface area contributed by atoms with Crippen LogP contribution in [0.1, 0.15) is 55.8 Å². The quantitative estimate of drug-likeness (QED) is 0.560. The highest BCUT2D eigenvalue weighted by Gasteiger charge is 2.17. The first kappa shape index (κ1) is 20.6. The number of amides is 1. The molecule has 0 aromatic carbocycles. The number of nitrogens with zero attached hydrogens (tertiary/aromatic N) is 3. The second-order valence-electron chi connectivity index (χ2n) is 6.71. The molecule has 1 saturated carbocycles. The van der Waals surface area contributed by atoms with E-state index in [2.05, 4.69) is 20.6 Å². The normalized spacial score (nSPS) is 17.0. The van der Waals surface area contributed by atoms with E-state index in [-0.39, 0.29) is 18.6 Å². The Morgan fingerprint density at radius 2 is 2.19 bits per heavy atom. The number of carbonyl (C=O) groups excluding carboxylic acids is 1. The summed E-state index contributed by atoms with van der Waals surface area (Å²) in [5.74, 6) is 0.703. The molecule has 1 aliphatic carbocycles. The standard InChI is InChI=1S/C18H31N5O2S/c1-13(25-4)17-22-15(12-26-17)11-23(3)18(19-2)20-10-16(24)21-14-8-6-5-7-9-14/h12-14H,5-11H2,1-4H3,(H,19,20)(H,21,24). The molecule has 1 aliphatic rings. The Balaban J connectivity index is 1.79. The van der Waals surface area contributed by atoms with Crippen LogP contribution in [0.15, 0.2) is 10.4 Å². The van der Waals surface area contributed by atoms with Gasteiger partial charge in [0.2, 0.25) is 5.91 Å². The third kappa shape index (κ3) is 6.25. The summed E-state index contributed by atoms with van der Waals surface area (Å²) >= 11 is 1.59. The second-order valence-corrected chi connectivity index (χ2v) is 7.60. The van der Waals surface area contributed by atoms with Crippen molar-refractivity contribution in [2.75, 3.05) is 27.7 Å². The van der Waals surface area contributed by atoms with Gasteiger partial charge in [-0.15, -0.1) is 11.3 Å². The van der Waals surface area contributed by atoms with E-state index in [0.717, 1.165) is 23.5 Å². The van der Waals surface area contributed by atoms with Crippen LogP contribution in [-0.4, -0.2) is 55.5 Å². The number of rotatable bonds is 7.